The minimum absolute atomic E-state index is 0. The summed E-state index contributed by atoms with van der Waals surface area (Å²) in [7, 11) is 3.69. The van der Waals surface area contributed by atoms with Gasteiger partial charge in [-0.3, -0.25) is 14.5 Å². The molecule has 7 nitrogen and oxygen atoms in total. The maximum Gasteiger partial charge on any atom is 0.246 e. The van der Waals surface area contributed by atoms with Gasteiger partial charge in [0.1, 0.15) is 0 Å². The first-order valence-corrected chi connectivity index (χ1v) is 10.2. The Bertz CT molecular complexity index is 907. The average molecular weight is 524 g/mol. The van der Waals surface area contributed by atoms with E-state index in [-0.39, 0.29) is 42.5 Å². The van der Waals surface area contributed by atoms with Gasteiger partial charge in [0.15, 0.2) is 5.96 Å². The molecule has 2 heterocycles. The molecule has 1 aliphatic rings. The summed E-state index contributed by atoms with van der Waals surface area (Å²) in [4.78, 5) is 19.0. The number of fused-ring (bicyclic) bond motifs is 1. The molecule has 0 spiro atoms. The summed E-state index contributed by atoms with van der Waals surface area (Å²) in [5.74, 6) is 0.696. The number of amides is 1. The van der Waals surface area contributed by atoms with Crippen LogP contribution in [0, 0.1) is 13.8 Å². The summed E-state index contributed by atoms with van der Waals surface area (Å²) in [6, 6.07) is 8.31. The van der Waals surface area contributed by atoms with Crippen molar-refractivity contribution in [2.45, 2.75) is 46.1 Å². The Morgan fingerprint density at radius 2 is 2.03 bits per heavy atom. The monoisotopic (exact) mass is 524 g/mol. The maximum atomic E-state index is 12.8. The minimum Gasteiger partial charge on any atom is -0.354 e. The van der Waals surface area contributed by atoms with Crippen molar-refractivity contribution in [1.82, 2.24) is 20.4 Å². The van der Waals surface area contributed by atoms with Crippen LogP contribution in [0.1, 0.15) is 35.9 Å². The van der Waals surface area contributed by atoms with Gasteiger partial charge < -0.3 is 15.5 Å². The molecule has 2 N–H and O–H groups in total. The van der Waals surface area contributed by atoms with E-state index in [1.165, 1.54) is 16.8 Å². The highest BCUT2D eigenvalue weighted by Crippen LogP contribution is 2.26. The molecule has 0 aliphatic carbocycles. The van der Waals surface area contributed by atoms with Crippen molar-refractivity contribution in [1.29, 1.82) is 0 Å². The van der Waals surface area contributed by atoms with E-state index in [9.17, 15) is 4.79 Å². The van der Waals surface area contributed by atoms with Crippen LogP contribution in [0.25, 0.3) is 0 Å². The number of aliphatic imine (C=N–C) groups is 1. The number of hydrogen-bond donors (Lipinski definition) is 2. The lowest BCUT2D eigenvalue weighted by atomic mass is 10.0. The van der Waals surface area contributed by atoms with Crippen LogP contribution in [-0.4, -0.2) is 47.8 Å². The van der Waals surface area contributed by atoms with Gasteiger partial charge in [-0.25, -0.2) is 0 Å². The molecule has 1 aliphatic heterocycles. The van der Waals surface area contributed by atoms with Crippen molar-refractivity contribution >= 4 is 41.5 Å². The van der Waals surface area contributed by atoms with Crippen molar-refractivity contribution in [3.05, 3.63) is 46.8 Å². The van der Waals surface area contributed by atoms with Gasteiger partial charge >= 0.3 is 0 Å². The number of rotatable bonds is 5. The van der Waals surface area contributed by atoms with Crippen LogP contribution in [0.2, 0.25) is 0 Å². The highest BCUT2D eigenvalue weighted by molar-refractivity contribution is 14.0. The first kappa shape index (κ1) is 24.2. The number of carbonyl (C=O) groups excluding carboxylic acids is 1. The number of hydrogen-bond acceptors (Lipinski definition) is 3. The van der Waals surface area contributed by atoms with Gasteiger partial charge in [0.2, 0.25) is 5.91 Å². The van der Waals surface area contributed by atoms with E-state index in [1.54, 1.807) is 7.05 Å². The molecule has 3 rings (SSSR count). The Morgan fingerprint density at radius 3 is 2.70 bits per heavy atom. The molecule has 1 aromatic carbocycles. The lowest BCUT2D eigenvalue weighted by molar-refractivity contribution is -0.117. The molecular weight excluding hydrogens is 491 g/mol. The Balaban J connectivity index is 0.00000320. The molecule has 1 amide bonds. The SMILES string of the molecule is CN=C(NCC(=O)N1CCCc2ccccc21)NC(C)Cc1c(C)nn(C)c1C.I. The zero-order valence-electron chi connectivity index (χ0n) is 18.5. The molecule has 0 saturated heterocycles. The van der Waals surface area contributed by atoms with Gasteiger partial charge in [0, 0.05) is 38.1 Å². The number of para-hydroxylation sites is 1. The second-order valence-electron chi connectivity index (χ2n) is 7.73. The molecule has 1 atom stereocenters. The standard InChI is InChI=1S/C22H32N6O.HI/c1-15(13-19-16(2)26-27(5)17(19)3)25-22(23-4)24-14-21(29)28-12-8-10-18-9-6-7-11-20(18)28;/h6-7,9,11,15H,8,10,12-14H2,1-5H3,(H2,23,24,25);1H. The first-order valence-electron chi connectivity index (χ1n) is 10.2. The molecular formula is C22H33IN6O. The first-order chi connectivity index (χ1) is 13.9. The van der Waals surface area contributed by atoms with Crippen molar-refractivity contribution in [3.63, 3.8) is 0 Å². The van der Waals surface area contributed by atoms with Gasteiger partial charge in [-0.2, -0.15) is 5.10 Å². The van der Waals surface area contributed by atoms with E-state index in [1.807, 2.05) is 41.8 Å². The predicted molar refractivity (Wildman–Crippen MR) is 133 cm³/mol. The highest BCUT2D eigenvalue weighted by atomic mass is 127. The smallest absolute Gasteiger partial charge is 0.246 e. The van der Waals surface area contributed by atoms with Crippen LogP contribution in [0.3, 0.4) is 0 Å². The summed E-state index contributed by atoms with van der Waals surface area (Å²) in [5, 5.41) is 11.0. The second kappa shape index (κ2) is 10.8. The number of aryl methyl sites for hydroxylation is 3. The van der Waals surface area contributed by atoms with Crippen LogP contribution in [0.5, 0.6) is 0 Å². The molecule has 164 valence electrons. The molecule has 1 unspecified atom stereocenters. The summed E-state index contributed by atoms with van der Waals surface area (Å²) in [6.07, 6.45) is 2.87. The zero-order valence-corrected chi connectivity index (χ0v) is 20.9. The van der Waals surface area contributed by atoms with Crippen LogP contribution < -0.4 is 15.5 Å². The van der Waals surface area contributed by atoms with Gasteiger partial charge in [-0.15, -0.1) is 24.0 Å². The maximum absolute atomic E-state index is 12.8. The van der Waals surface area contributed by atoms with Crippen molar-refractivity contribution in [3.8, 4) is 0 Å². The second-order valence-corrected chi connectivity index (χ2v) is 7.73. The van der Waals surface area contributed by atoms with Crippen LogP contribution in [0.15, 0.2) is 29.3 Å². The lowest BCUT2D eigenvalue weighted by Crippen LogP contribution is -2.48. The molecule has 0 saturated carbocycles. The Hall–Kier alpha value is -2.10. The number of anilines is 1. The third-order valence-corrected chi connectivity index (χ3v) is 5.59. The molecule has 8 heteroatoms. The number of halogens is 1. The Kier molecular flexibility index (Phi) is 8.69. The van der Waals surface area contributed by atoms with Crippen LogP contribution in [-0.2, 0) is 24.7 Å². The third-order valence-electron chi connectivity index (χ3n) is 5.59. The fourth-order valence-electron chi connectivity index (χ4n) is 3.95. The lowest BCUT2D eigenvalue weighted by Gasteiger charge is -2.30. The number of benzene rings is 1. The van der Waals surface area contributed by atoms with Gasteiger partial charge in [-0.1, -0.05) is 18.2 Å². The molecule has 1 aromatic heterocycles. The van der Waals surface area contributed by atoms with Crippen LogP contribution >= 0.6 is 24.0 Å². The minimum atomic E-state index is 0. The molecule has 30 heavy (non-hydrogen) atoms. The third kappa shape index (κ3) is 5.53. The normalized spacial score (nSPS) is 14.6. The largest absolute Gasteiger partial charge is 0.354 e. The molecule has 2 aromatic rings. The number of aromatic nitrogens is 2. The molecule has 0 bridgehead atoms. The van der Waals surface area contributed by atoms with Gasteiger partial charge in [-0.05, 0) is 57.2 Å². The number of carbonyl (C=O) groups is 1. The quantitative estimate of drug-likeness (QED) is 0.359. The van der Waals surface area contributed by atoms with Gasteiger partial charge in [0.05, 0.1) is 12.2 Å². The number of nitrogens with one attached hydrogen (secondary N) is 2. The Morgan fingerprint density at radius 1 is 1.30 bits per heavy atom. The predicted octanol–water partition coefficient (Wildman–Crippen LogP) is 2.73. The zero-order chi connectivity index (χ0) is 21.0. The summed E-state index contributed by atoms with van der Waals surface area (Å²) >= 11 is 0. The van der Waals surface area contributed by atoms with E-state index < -0.39 is 0 Å². The summed E-state index contributed by atoms with van der Waals surface area (Å²) in [5.41, 5.74) is 5.76. The summed E-state index contributed by atoms with van der Waals surface area (Å²) in [6.45, 7) is 7.22. The van der Waals surface area contributed by atoms with Gasteiger partial charge in [0.25, 0.3) is 0 Å². The van der Waals surface area contributed by atoms with E-state index >= 15 is 0 Å². The van der Waals surface area contributed by atoms with Crippen LogP contribution in [0.4, 0.5) is 5.69 Å². The topological polar surface area (TPSA) is 74.6 Å². The average Bonchev–Trinajstić information content (AvgIpc) is 2.96. The Labute approximate surface area is 196 Å². The van der Waals surface area contributed by atoms with Crippen molar-refractivity contribution in [2.24, 2.45) is 12.0 Å². The van der Waals surface area contributed by atoms with E-state index in [0.717, 1.165) is 37.2 Å². The van der Waals surface area contributed by atoms with Crippen molar-refractivity contribution < 1.29 is 4.79 Å². The fourth-order valence-corrected chi connectivity index (χ4v) is 3.95. The molecule has 0 radical (unpaired) electrons. The van der Waals surface area contributed by atoms with Crippen molar-refractivity contribution in [2.75, 3.05) is 25.0 Å². The van der Waals surface area contributed by atoms with E-state index in [0.29, 0.717) is 5.96 Å². The number of nitrogens with zero attached hydrogens (tertiary/aromatic N) is 4. The van der Waals surface area contributed by atoms with E-state index in [4.69, 9.17) is 0 Å². The molecule has 0 fully saturated rings. The van der Waals surface area contributed by atoms with E-state index in [2.05, 4.69) is 40.6 Å². The fraction of sp³-hybridized carbons (Fsp3) is 0.500. The number of guanidine groups is 1. The highest BCUT2D eigenvalue weighted by Gasteiger charge is 2.22. The summed E-state index contributed by atoms with van der Waals surface area (Å²) < 4.78 is 1.92.